The van der Waals surface area contributed by atoms with Crippen LogP contribution in [0.2, 0.25) is 0 Å². The van der Waals surface area contributed by atoms with Gasteiger partial charge in [0.2, 0.25) is 0 Å². The summed E-state index contributed by atoms with van der Waals surface area (Å²) in [6.45, 7) is 3.70. The third kappa shape index (κ3) is 4.08. The van der Waals surface area contributed by atoms with Gasteiger partial charge in [0.05, 0.1) is 5.69 Å². The van der Waals surface area contributed by atoms with E-state index in [1.807, 2.05) is 11.3 Å². The van der Waals surface area contributed by atoms with Crippen molar-refractivity contribution in [1.82, 2.24) is 9.88 Å². The Morgan fingerprint density at radius 1 is 1.00 bits per heavy atom. The number of hydrogen-bond acceptors (Lipinski definition) is 4. The molecule has 0 N–H and O–H groups in total. The molecular formula is C19H30N2OS. The van der Waals surface area contributed by atoms with Gasteiger partial charge in [-0.25, -0.2) is 4.98 Å². The van der Waals surface area contributed by atoms with Gasteiger partial charge in [-0.1, -0.05) is 43.4 Å². The second-order valence-corrected chi connectivity index (χ2v) is 8.70. The molecule has 3 aliphatic rings. The molecule has 23 heavy (non-hydrogen) atoms. The average molecular weight is 335 g/mol. The van der Waals surface area contributed by atoms with Gasteiger partial charge in [0.15, 0.2) is 0 Å². The van der Waals surface area contributed by atoms with E-state index >= 15 is 0 Å². The number of hydrogen-bond donors (Lipinski definition) is 0. The highest BCUT2D eigenvalue weighted by Gasteiger charge is 2.24. The molecule has 0 spiro atoms. The van der Waals surface area contributed by atoms with Crippen LogP contribution in [0.15, 0.2) is 0 Å². The minimum absolute atomic E-state index is 0.455. The van der Waals surface area contributed by atoms with Crippen LogP contribution >= 0.6 is 11.3 Å². The molecule has 1 aromatic rings. The van der Waals surface area contributed by atoms with Gasteiger partial charge in [0.25, 0.3) is 5.19 Å². The molecule has 2 heterocycles. The topological polar surface area (TPSA) is 25.4 Å². The predicted octanol–water partition coefficient (Wildman–Crippen LogP) is 4.45. The first-order chi connectivity index (χ1) is 11.4. The van der Waals surface area contributed by atoms with E-state index in [4.69, 9.17) is 9.72 Å². The van der Waals surface area contributed by atoms with Crippen molar-refractivity contribution in [3.05, 3.63) is 10.6 Å². The Balaban J connectivity index is 1.26. The zero-order valence-corrected chi connectivity index (χ0v) is 15.1. The van der Waals surface area contributed by atoms with Crippen molar-refractivity contribution in [1.29, 1.82) is 0 Å². The minimum Gasteiger partial charge on any atom is -0.467 e. The molecule has 0 aromatic carbocycles. The Bertz CT molecular complexity index is 480. The van der Waals surface area contributed by atoms with Crippen LogP contribution in [-0.4, -0.2) is 35.6 Å². The van der Waals surface area contributed by atoms with E-state index in [0.29, 0.717) is 6.10 Å². The van der Waals surface area contributed by atoms with Crippen molar-refractivity contribution in [3.63, 3.8) is 0 Å². The fraction of sp³-hybridized carbons (Fsp3) is 0.842. The fourth-order valence-corrected chi connectivity index (χ4v) is 5.14. The van der Waals surface area contributed by atoms with Crippen LogP contribution in [0.25, 0.3) is 0 Å². The highest BCUT2D eigenvalue weighted by atomic mass is 32.1. The van der Waals surface area contributed by atoms with Gasteiger partial charge in [-0.3, -0.25) is 0 Å². The lowest BCUT2D eigenvalue weighted by Gasteiger charge is -2.26. The van der Waals surface area contributed by atoms with Crippen LogP contribution in [0, 0.1) is 5.92 Å². The van der Waals surface area contributed by atoms with Gasteiger partial charge in [-0.05, 0) is 44.6 Å². The van der Waals surface area contributed by atoms with Crippen molar-refractivity contribution >= 4 is 11.3 Å². The van der Waals surface area contributed by atoms with Gasteiger partial charge in [-0.2, -0.15) is 0 Å². The van der Waals surface area contributed by atoms with Crippen LogP contribution in [0.1, 0.15) is 68.4 Å². The molecule has 2 saturated carbocycles. The maximum Gasteiger partial charge on any atom is 0.273 e. The zero-order chi connectivity index (χ0) is 15.5. The third-order valence-electron chi connectivity index (χ3n) is 5.98. The lowest BCUT2D eigenvalue weighted by molar-refractivity contribution is 0.119. The van der Waals surface area contributed by atoms with E-state index in [0.717, 1.165) is 17.5 Å². The largest absolute Gasteiger partial charge is 0.467 e. The Morgan fingerprint density at radius 3 is 2.61 bits per heavy atom. The Hall–Kier alpha value is -0.610. The van der Waals surface area contributed by atoms with E-state index in [2.05, 4.69) is 4.90 Å². The summed E-state index contributed by atoms with van der Waals surface area (Å²) in [6.07, 6.45) is 15.3. The molecule has 0 unspecified atom stereocenters. The van der Waals surface area contributed by atoms with Crippen molar-refractivity contribution < 1.29 is 4.74 Å². The van der Waals surface area contributed by atoms with Crippen LogP contribution in [0.3, 0.4) is 0 Å². The van der Waals surface area contributed by atoms with Crippen molar-refractivity contribution in [2.45, 2.75) is 76.7 Å². The first-order valence-electron chi connectivity index (χ1n) is 9.74. The molecule has 4 rings (SSSR count). The molecule has 2 aliphatic carbocycles. The molecule has 1 aromatic heterocycles. The highest BCUT2D eigenvalue weighted by Crippen LogP contribution is 2.32. The van der Waals surface area contributed by atoms with Crippen molar-refractivity contribution in [2.24, 2.45) is 5.92 Å². The molecule has 4 heteroatoms. The summed E-state index contributed by atoms with van der Waals surface area (Å²) in [7, 11) is 0. The first-order valence-corrected chi connectivity index (χ1v) is 10.6. The van der Waals surface area contributed by atoms with E-state index in [9.17, 15) is 0 Å². The number of nitrogens with zero attached hydrogens (tertiary/aromatic N) is 2. The Morgan fingerprint density at radius 2 is 1.83 bits per heavy atom. The Labute approximate surface area is 144 Å². The maximum absolute atomic E-state index is 5.99. The second kappa shape index (κ2) is 7.52. The predicted molar refractivity (Wildman–Crippen MR) is 95.4 cm³/mol. The van der Waals surface area contributed by atoms with Crippen LogP contribution < -0.4 is 4.74 Å². The van der Waals surface area contributed by atoms with Crippen LogP contribution in [0.4, 0.5) is 0 Å². The number of rotatable bonds is 5. The molecule has 0 radical (unpaired) electrons. The smallest absolute Gasteiger partial charge is 0.273 e. The normalized spacial score (nSPS) is 24.0. The fourth-order valence-electron chi connectivity index (χ4n) is 4.13. The molecule has 1 aliphatic heterocycles. The minimum atomic E-state index is 0.455. The van der Waals surface area contributed by atoms with Gasteiger partial charge < -0.3 is 9.64 Å². The standard InChI is InChI=1S/C19H30N2OS/c1-2-5-15(6-3-1)9-12-21-13-10-17-18(11-14-21)23-19(20-17)22-16-7-4-8-16/h15-16H,1-14H2. The van der Waals surface area contributed by atoms with Gasteiger partial charge in [-0.15, -0.1) is 0 Å². The monoisotopic (exact) mass is 334 g/mol. The summed E-state index contributed by atoms with van der Waals surface area (Å²) in [5.74, 6) is 1.00. The maximum atomic E-state index is 5.99. The van der Waals surface area contributed by atoms with E-state index in [-0.39, 0.29) is 0 Å². The summed E-state index contributed by atoms with van der Waals surface area (Å²) in [4.78, 5) is 8.95. The molecule has 128 valence electrons. The number of fused-ring (bicyclic) bond motifs is 1. The van der Waals surface area contributed by atoms with E-state index in [1.54, 1.807) is 0 Å². The molecule has 0 saturated heterocycles. The summed E-state index contributed by atoms with van der Waals surface area (Å²) in [5, 5.41) is 0.940. The average Bonchev–Trinajstić information content (AvgIpc) is 2.84. The molecule has 2 fully saturated rings. The van der Waals surface area contributed by atoms with Crippen molar-refractivity contribution in [3.8, 4) is 5.19 Å². The summed E-state index contributed by atoms with van der Waals surface area (Å²) in [6, 6.07) is 0. The quantitative estimate of drug-likeness (QED) is 0.796. The van der Waals surface area contributed by atoms with Crippen molar-refractivity contribution in [2.75, 3.05) is 19.6 Å². The Kier molecular flexibility index (Phi) is 5.20. The summed E-state index contributed by atoms with van der Waals surface area (Å²) in [5.41, 5.74) is 1.32. The van der Waals surface area contributed by atoms with Gasteiger partial charge >= 0.3 is 0 Å². The van der Waals surface area contributed by atoms with Crippen LogP contribution in [-0.2, 0) is 12.8 Å². The molecule has 0 atom stereocenters. The summed E-state index contributed by atoms with van der Waals surface area (Å²) < 4.78 is 5.99. The highest BCUT2D eigenvalue weighted by molar-refractivity contribution is 7.13. The molecule has 0 amide bonds. The first kappa shape index (κ1) is 15.9. The van der Waals surface area contributed by atoms with E-state index in [1.165, 1.54) is 94.4 Å². The lowest BCUT2D eigenvalue weighted by atomic mass is 9.87. The number of thiazole rings is 1. The molecule has 0 bridgehead atoms. The second-order valence-electron chi connectivity index (χ2n) is 7.65. The zero-order valence-electron chi connectivity index (χ0n) is 14.3. The van der Waals surface area contributed by atoms with Gasteiger partial charge in [0.1, 0.15) is 6.10 Å². The molecular weight excluding hydrogens is 304 g/mol. The molecule has 3 nitrogen and oxygen atoms in total. The lowest BCUT2D eigenvalue weighted by Crippen LogP contribution is -2.29. The SMILES string of the molecule is C1CCC(CCN2CCc3nc(OC4CCC4)sc3CC2)CC1. The summed E-state index contributed by atoms with van der Waals surface area (Å²) >= 11 is 1.81. The number of aromatic nitrogens is 1. The van der Waals surface area contributed by atoms with Gasteiger partial charge in [0, 0.05) is 24.4 Å². The van der Waals surface area contributed by atoms with E-state index < -0.39 is 0 Å². The third-order valence-corrected chi connectivity index (χ3v) is 7.02. The van der Waals surface area contributed by atoms with Crippen LogP contribution in [0.5, 0.6) is 5.19 Å². The number of ether oxygens (including phenoxy) is 1.